The van der Waals surface area contributed by atoms with Gasteiger partial charge < -0.3 is 16.0 Å². The number of nitrogens with one attached hydrogen (secondary N) is 1. The third-order valence-electron chi connectivity index (χ3n) is 2.59. The first-order valence-electron chi connectivity index (χ1n) is 6.23. The van der Waals surface area contributed by atoms with Crippen LogP contribution in [0.15, 0.2) is 24.3 Å². The van der Waals surface area contributed by atoms with Crippen molar-refractivity contribution in [3.8, 4) is 0 Å². The number of hydrogen-bond donors (Lipinski definition) is 2. The lowest BCUT2D eigenvalue weighted by atomic mass is 10.1. The topological polar surface area (TPSA) is 58.4 Å². The molecule has 3 N–H and O–H groups in total. The summed E-state index contributed by atoms with van der Waals surface area (Å²) in [4.78, 5) is 13.7. The number of rotatable bonds is 6. The molecule has 1 aromatic rings. The number of halogens is 2. The van der Waals surface area contributed by atoms with Crippen molar-refractivity contribution in [2.75, 3.05) is 14.1 Å². The lowest BCUT2D eigenvalue weighted by Crippen LogP contribution is -2.30. The van der Waals surface area contributed by atoms with Crippen LogP contribution in [0.5, 0.6) is 0 Å². The Kier molecular flexibility index (Phi) is 11.7. The van der Waals surface area contributed by atoms with Crippen LogP contribution in [-0.2, 0) is 17.9 Å². The van der Waals surface area contributed by atoms with Gasteiger partial charge >= 0.3 is 0 Å². The number of nitrogens with two attached hydrogens (primary N) is 1. The number of amides is 1. The van der Waals surface area contributed by atoms with Gasteiger partial charge in [0.05, 0.1) is 0 Å². The second-order valence-corrected chi connectivity index (χ2v) is 4.96. The van der Waals surface area contributed by atoms with E-state index in [1.54, 1.807) is 0 Å². The molecule has 1 amide bonds. The Labute approximate surface area is 133 Å². The molecule has 0 radical (unpaired) electrons. The lowest BCUT2D eigenvalue weighted by Gasteiger charge is -2.15. The molecule has 0 spiro atoms. The summed E-state index contributed by atoms with van der Waals surface area (Å²) in [6.45, 7) is 3.27. The van der Waals surface area contributed by atoms with Crippen LogP contribution in [0.4, 0.5) is 0 Å². The van der Waals surface area contributed by atoms with E-state index >= 15 is 0 Å². The van der Waals surface area contributed by atoms with Gasteiger partial charge in [-0.3, -0.25) is 4.79 Å². The van der Waals surface area contributed by atoms with Crippen LogP contribution in [0.1, 0.15) is 24.5 Å². The van der Waals surface area contributed by atoms with Gasteiger partial charge in [-0.05, 0) is 32.1 Å². The summed E-state index contributed by atoms with van der Waals surface area (Å²) >= 11 is 0. The molecule has 4 nitrogen and oxygen atoms in total. The predicted molar refractivity (Wildman–Crippen MR) is 88.4 cm³/mol. The Hall–Kier alpha value is -0.810. The van der Waals surface area contributed by atoms with E-state index in [2.05, 4.69) is 16.3 Å². The van der Waals surface area contributed by atoms with Crippen LogP contribution >= 0.6 is 24.8 Å². The Morgan fingerprint density at radius 3 is 2.30 bits per heavy atom. The fourth-order valence-electron chi connectivity index (χ4n) is 1.78. The van der Waals surface area contributed by atoms with Crippen molar-refractivity contribution < 1.29 is 4.79 Å². The molecule has 0 aliphatic rings. The summed E-state index contributed by atoms with van der Waals surface area (Å²) in [6, 6.07) is 8.05. The maximum atomic E-state index is 11.6. The Bertz CT molecular complexity index is 398. The van der Waals surface area contributed by atoms with Crippen LogP contribution in [-0.4, -0.2) is 30.9 Å². The van der Waals surface area contributed by atoms with Gasteiger partial charge in [0.25, 0.3) is 0 Å². The molecule has 0 aromatic heterocycles. The molecule has 20 heavy (non-hydrogen) atoms. The second-order valence-electron chi connectivity index (χ2n) is 4.96. The summed E-state index contributed by atoms with van der Waals surface area (Å²) in [5.41, 5.74) is 7.99. The van der Waals surface area contributed by atoms with Gasteiger partial charge in [0, 0.05) is 25.6 Å². The predicted octanol–water partition coefficient (Wildman–Crippen LogP) is 1.95. The molecule has 1 aromatic carbocycles. The lowest BCUT2D eigenvalue weighted by molar-refractivity contribution is -0.121. The quantitative estimate of drug-likeness (QED) is 0.842. The SMILES string of the molecule is CC(N)CC(=O)NCc1ccccc1CN(C)C.Cl.Cl. The first-order chi connectivity index (χ1) is 8.49. The van der Waals surface area contributed by atoms with E-state index in [4.69, 9.17) is 5.73 Å². The van der Waals surface area contributed by atoms with Gasteiger partial charge in [0.1, 0.15) is 0 Å². The minimum atomic E-state index is -0.0954. The van der Waals surface area contributed by atoms with Crippen molar-refractivity contribution in [1.82, 2.24) is 10.2 Å². The molecule has 1 rings (SSSR count). The molecule has 116 valence electrons. The monoisotopic (exact) mass is 321 g/mol. The Morgan fingerprint density at radius 2 is 1.80 bits per heavy atom. The van der Waals surface area contributed by atoms with Crippen molar-refractivity contribution in [2.45, 2.75) is 32.5 Å². The average Bonchev–Trinajstić information content (AvgIpc) is 2.26. The summed E-state index contributed by atoms with van der Waals surface area (Å²) < 4.78 is 0. The molecule has 0 heterocycles. The van der Waals surface area contributed by atoms with Gasteiger partial charge in [-0.2, -0.15) is 0 Å². The number of benzene rings is 1. The first-order valence-corrected chi connectivity index (χ1v) is 6.23. The summed E-state index contributed by atoms with van der Waals surface area (Å²) in [5.74, 6) is 0.00431. The molecule has 1 atom stereocenters. The third-order valence-corrected chi connectivity index (χ3v) is 2.59. The fraction of sp³-hybridized carbons (Fsp3) is 0.500. The number of nitrogens with zero attached hydrogens (tertiary/aromatic N) is 1. The van der Waals surface area contributed by atoms with E-state index in [1.807, 2.05) is 39.2 Å². The molecule has 0 saturated heterocycles. The van der Waals surface area contributed by atoms with Gasteiger partial charge in [-0.15, -0.1) is 24.8 Å². The first kappa shape index (κ1) is 21.5. The van der Waals surface area contributed by atoms with Crippen LogP contribution in [0.25, 0.3) is 0 Å². The Balaban J connectivity index is 0. The van der Waals surface area contributed by atoms with Gasteiger partial charge in [0.15, 0.2) is 0 Å². The average molecular weight is 322 g/mol. The van der Waals surface area contributed by atoms with Crippen molar-refractivity contribution in [3.05, 3.63) is 35.4 Å². The normalized spacial score (nSPS) is 11.2. The molecule has 0 aliphatic carbocycles. The third kappa shape index (κ3) is 8.38. The van der Waals surface area contributed by atoms with Gasteiger partial charge in [-0.1, -0.05) is 24.3 Å². The minimum Gasteiger partial charge on any atom is -0.352 e. The number of carbonyl (C=O) groups excluding carboxylic acids is 1. The molecular formula is C14H25Cl2N3O. The maximum Gasteiger partial charge on any atom is 0.221 e. The second kappa shape index (κ2) is 10.9. The highest BCUT2D eigenvalue weighted by atomic mass is 35.5. The highest BCUT2D eigenvalue weighted by molar-refractivity contribution is 5.85. The maximum absolute atomic E-state index is 11.6. The molecular weight excluding hydrogens is 297 g/mol. The molecule has 0 fully saturated rings. The minimum absolute atomic E-state index is 0. The molecule has 0 saturated carbocycles. The smallest absolute Gasteiger partial charge is 0.221 e. The van der Waals surface area contributed by atoms with E-state index in [9.17, 15) is 4.79 Å². The zero-order chi connectivity index (χ0) is 13.5. The number of hydrogen-bond acceptors (Lipinski definition) is 3. The van der Waals surface area contributed by atoms with Crippen LogP contribution in [0, 0.1) is 0 Å². The zero-order valence-electron chi connectivity index (χ0n) is 12.3. The number of carbonyl (C=O) groups is 1. The van der Waals surface area contributed by atoms with Crippen molar-refractivity contribution >= 4 is 30.7 Å². The van der Waals surface area contributed by atoms with Crippen LogP contribution < -0.4 is 11.1 Å². The van der Waals surface area contributed by atoms with E-state index in [1.165, 1.54) is 5.56 Å². The van der Waals surface area contributed by atoms with Gasteiger partial charge in [-0.25, -0.2) is 0 Å². The zero-order valence-corrected chi connectivity index (χ0v) is 13.9. The van der Waals surface area contributed by atoms with E-state index in [0.29, 0.717) is 13.0 Å². The summed E-state index contributed by atoms with van der Waals surface area (Å²) in [5, 5.41) is 2.91. The van der Waals surface area contributed by atoms with E-state index < -0.39 is 0 Å². The van der Waals surface area contributed by atoms with Crippen LogP contribution in [0.3, 0.4) is 0 Å². The molecule has 0 bridgehead atoms. The van der Waals surface area contributed by atoms with E-state index in [0.717, 1.165) is 12.1 Å². The highest BCUT2D eigenvalue weighted by Gasteiger charge is 2.07. The van der Waals surface area contributed by atoms with Crippen LogP contribution in [0.2, 0.25) is 0 Å². The fourth-order valence-corrected chi connectivity index (χ4v) is 1.78. The largest absolute Gasteiger partial charge is 0.352 e. The Morgan fingerprint density at radius 1 is 1.25 bits per heavy atom. The van der Waals surface area contributed by atoms with Crippen molar-refractivity contribution in [3.63, 3.8) is 0 Å². The van der Waals surface area contributed by atoms with Crippen molar-refractivity contribution in [1.29, 1.82) is 0 Å². The highest BCUT2D eigenvalue weighted by Crippen LogP contribution is 2.10. The summed E-state index contributed by atoms with van der Waals surface area (Å²) in [6.07, 6.45) is 0.371. The van der Waals surface area contributed by atoms with Gasteiger partial charge in [0.2, 0.25) is 5.91 Å². The summed E-state index contributed by atoms with van der Waals surface area (Å²) in [7, 11) is 4.07. The van der Waals surface area contributed by atoms with E-state index in [-0.39, 0.29) is 36.8 Å². The standard InChI is InChI=1S/C14H23N3O.2ClH/c1-11(15)8-14(18)16-9-12-6-4-5-7-13(12)10-17(2)3;;/h4-7,11H,8-10,15H2,1-3H3,(H,16,18);2*1H. The molecule has 0 aliphatic heterocycles. The molecule has 6 heteroatoms. The van der Waals surface area contributed by atoms with Crippen molar-refractivity contribution in [2.24, 2.45) is 5.73 Å². The molecule has 1 unspecified atom stereocenters.